The van der Waals surface area contributed by atoms with Crippen molar-refractivity contribution in [2.45, 2.75) is 6.10 Å². The molecule has 1 unspecified atom stereocenters. The number of rotatable bonds is 3. The van der Waals surface area contributed by atoms with Crippen molar-refractivity contribution in [1.29, 1.82) is 0 Å². The van der Waals surface area contributed by atoms with Crippen molar-refractivity contribution >= 4 is 5.91 Å². The molecule has 1 rings (SSSR count). The highest BCUT2D eigenvalue weighted by atomic mass is 16.5. The number of carbonyl (C=O) groups is 1. The van der Waals surface area contributed by atoms with Gasteiger partial charge in [0.15, 0.2) is 6.10 Å². The zero-order chi connectivity index (χ0) is 10.6. The Hall–Kier alpha value is -1.55. The molecule has 4 nitrogen and oxygen atoms in total. The lowest BCUT2D eigenvalue weighted by molar-refractivity contribution is -0.131. The number of benzene rings is 1. The molecule has 2 N–H and O–H groups in total. The normalized spacial score (nSPS) is 12.1. The molecule has 0 bridgehead atoms. The Labute approximate surface area is 82.5 Å². The third-order valence-electron chi connectivity index (χ3n) is 1.94. The van der Waals surface area contributed by atoms with Gasteiger partial charge in [0.05, 0.1) is 0 Å². The first-order chi connectivity index (χ1) is 6.70. The van der Waals surface area contributed by atoms with Crippen molar-refractivity contribution < 1.29 is 14.6 Å². The smallest absolute Gasteiger partial charge is 0.253 e. The van der Waals surface area contributed by atoms with E-state index in [0.29, 0.717) is 5.56 Å². The first-order valence-corrected chi connectivity index (χ1v) is 4.23. The van der Waals surface area contributed by atoms with Gasteiger partial charge < -0.3 is 15.2 Å². The fourth-order valence-corrected chi connectivity index (χ4v) is 1.22. The van der Waals surface area contributed by atoms with Crippen LogP contribution < -0.4 is 5.32 Å². The Morgan fingerprint density at radius 2 is 2.14 bits per heavy atom. The molecule has 76 valence electrons. The molecular weight excluding hydrogens is 182 g/mol. The molecule has 0 aliphatic carbocycles. The lowest BCUT2D eigenvalue weighted by Crippen LogP contribution is -2.26. The van der Waals surface area contributed by atoms with Crippen molar-refractivity contribution in [3.8, 4) is 5.75 Å². The van der Waals surface area contributed by atoms with Crippen molar-refractivity contribution in [2.24, 2.45) is 0 Å². The van der Waals surface area contributed by atoms with Crippen molar-refractivity contribution in [3.05, 3.63) is 29.8 Å². The number of likely N-dealkylation sites (N-methyl/N-ethyl adjacent to an activating group) is 1. The topological polar surface area (TPSA) is 58.6 Å². The van der Waals surface area contributed by atoms with E-state index < -0.39 is 6.10 Å². The van der Waals surface area contributed by atoms with Crippen molar-refractivity contribution in [1.82, 2.24) is 5.32 Å². The van der Waals surface area contributed by atoms with E-state index >= 15 is 0 Å². The number of nitrogens with one attached hydrogen (secondary N) is 1. The minimum atomic E-state index is -0.763. The number of para-hydroxylation sites is 1. The average molecular weight is 195 g/mol. The quantitative estimate of drug-likeness (QED) is 0.750. The second kappa shape index (κ2) is 4.62. The van der Waals surface area contributed by atoms with Gasteiger partial charge in [-0.25, -0.2) is 0 Å². The second-order valence-corrected chi connectivity index (χ2v) is 2.79. The number of hydrogen-bond donors (Lipinski definition) is 2. The molecule has 0 saturated heterocycles. The van der Waals surface area contributed by atoms with E-state index in [4.69, 9.17) is 4.74 Å². The fourth-order valence-electron chi connectivity index (χ4n) is 1.22. The van der Waals surface area contributed by atoms with Crippen LogP contribution in [-0.4, -0.2) is 25.2 Å². The predicted molar refractivity (Wildman–Crippen MR) is 51.9 cm³/mol. The summed E-state index contributed by atoms with van der Waals surface area (Å²) in [6.45, 7) is 0. The first-order valence-electron chi connectivity index (χ1n) is 4.23. The Kier molecular flexibility index (Phi) is 3.48. The van der Waals surface area contributed by atoms with E-state index in [9.17, 15) is 9.90 Å². The van der Waals surface area contributed by atoms with Crippen molar-refractivity contribution in [2.75, 3.05) is 14.2 Å². The van der Waals surface area contributed by atoms with Crippen LogP contribution in [0.3, 0.4) is 0 Å². The summed E-state index contributed by atoms with van der Waals surface area (Å²) in [5.74, 6) is -0.225. The number of phenolic OH excluding ortho intramolecular Hbond substituents is 1. The summed E-state index contributed by atoms with van der Waals surface area (Å²) in [6, 6.07) is 6.60. The molecule has 4 heteroatoms. The Morgan fingerprint density at radius 1 is 1.50 bits per heavy atom. The number of hydrogen-bond acceptors (Lipinski definition) is 3. The maximum atomic E-state index is 11.3. The van der Waals surface area contributed by atoms with Crippen LogP contribution in [0.25, 0.3) is 0 Å². The van der Waals surface area contributed by atoms with Crippen LogP contribution in [-0.2, 0) is 9.53 Å². The molecule has 1 aromatic carbocycles. The van der Waals surface area contributed by atoms with Gasteiger partial charge >= 0.3 is 0 Å². The summed E-state index contributed by atoms with van der Waals surface area (Å²) in [7, 11) is 2.95. The Bertz CT molecular complexity index is 325. The molecule has 0 heterocycles. The SMILES string of the molecule is CNC(=O)C(OC)c1ccccc1O. The minimum Gasteiger partial charge on any atom is -0.508 e. The Balaban J connectivity index is 3.01. The molecule has 1 aromatic rings. The molecule has 0 aromatic heterocycles. The summed E-state index contributed by atoms with van der Waals surface area (Å²) in [4.78, 5) is 11.3. The van der Waals surface area contributed by atoms with E-state index in [0.717, 1.165) is 0 Å². The zero-order valence-electron chi connectivity index (χ0n) is 8.15. The summed E-state index contributed by atoms with van der Waals surface area (Å²) >= 11 is 0. The van der Waals surface area contributed by atoms with Gasteiger partial charge in [-0.05, 0) is 6.07 Å². The molecule has 0 saturated carbocycles. The fraction of sp³-hybridized carbons (Fsp3) is 0.300. The van der Waals surface area contributed by atoms with Gasteiger partial charge in [-0.2, -0.15) is 0 Å². The third-order valence-corrected chi connectivity index (χ3v) is 1.94. The van der Waals surface area contributed by atoms with Crippen LogP contribution in [0.5, 0.6) is 5.75 Å². The van der Waals surface area contributed by atoms with Gasteiger partial charge in [-0.3, -0.25) is 4.79 Å². The van der Waals surface area contributed by atoms with Gasteiger partial charge in [0.25, 0.3) is 5.91 Å². The van der Waals surface area contributed by atoms with Crippen LogP contribution in [0.4, 0.5) is 0 Å². The predicted octanol–water partition coefficient (Wildman–Crippen LogP) is 0.826. The molecule has 0 fully saturated rings. The van der Waals surface area contributed by atoms with Gasteiger partial charge in [0, 0.05) is 19.7 Å². The summed E-state index contributed by atoms with van der Waals surface area (Å²) in [6.07, 6.45) is -0.763. The molecule has 0 spiro atoms. The molecular formula is C10H13NO3. The molecule has 0 aliphatic rings. The lowest BCUT2D eigenvalue weighted by atomic mass is 10.1. The maximum Gasteiger partial charge on any atom is 0.253 e. The van der Waals surface area contributed by atoms with E-state index in [1.54, 1.807) is 18.2 Å². The maximum absolute atomic E-state index is 11.3. The summed E-state index contributed by atoms with van der Waals surface area (Å²) < 4.78 is 5.00. The highest BCUT2D eigenvalue weighted by Gasteiger charge is 2.21. The first kappa shape index (κ1) is 10.5. The number of carbonyl (C=O) groups excluding carboxylic acids is 1. The third kappa shape index (κ3) is 2.03. The van der Waals surface area contributed by atoms with Gasteiger partial charge in [-0.1, -0.05) is 18.2 Å². The molecule has 1 amide bonds. The Morgan fingerprint density at radius 3 is 2.64 bits per heavy atom. The minimum absolute atomic E-state index is 0.0583. The second-order valence-electron chi connectivity index (χ2n) is 2.79. The van der Waals surface area contributed by atoms with Crippen LogP contribution in [0.1, 0.15) is 11.7 Å². The largest absolute Gasteiger partial charge is 0.508 e. The molecule has 1 atom stereocenters. The van der Waals surface area contributed by atoms with Crippen molar-refractivity contribution in [3.63, 3.8) is 0 Å². The average Bonchev–Trinajstić information content (AvgIpc) is 2.21. The molecule has 14 heavy (non-hydrogen) atoms. The van der Waals surface area contributed by atoms with Crippen LogP contribution in [0.2, 0.25) is 0 Å². The monoisotopic (exact) mass is 195 g/mol. The van der Waals surface area contributed by atoms with E-state index in [-0.39, 0.29) is 11.7 Å². The van der Waals surface area contributed by atoms with Gasteiger partial charge in [0.2, 0.25) is 0 Å². The lowest BCUT2D eigenvalue weighted by Gasteiger charge is -2.14. The van der Waals surface area contributed by atoms with Gasteiger partial charge in [-0.15, -0.1) is 0 Å². The summed E-state index contributed by atoms with van der Waals surface area (Å²) in [5.41, 5.74) is 0.467. The highest BCUT2D eigenvalue weighted by molar-refractivity contribution is 5.82. The van der Waals surface area contributed by atoms with Crippen LogP contribution >= 0.6 is 0 Å². The zero-order valence-corrected chi connectivity index (χ0v) is 8.15. The number of ether oxygens (including phenoxy) is 1. The van der Waals surface area contributed by atoms with Gasteiger partial charge in [0.1, 0.15) is 5.75 Å². The van der Waals surface area contributed by atoms with Crippen LogP contribution in [0.15, 0.2) is 24.3 Å². The number of phenols is 1. The van der Waals surface area contributed by atoms with E-state index in [1.807, 2.05) is 0 Å². The molecule has 0 aliphatic heterocycles. The number of amides is 1. The van der Waals surface area contributed by atoms with E-state index in [1.165, 1.54) is 20.2 Å². The van der Waals surface area contributed by atoms with E-state index in [2.05, 4.69) is 5.32 Å². The summed E-state index contributed by atoms with van der Waals surface area (Å²) in [5, 5.41) is 12.0. The standard InChI is InChI=1S/C10H13NO3/c1-11-10(13)9(14-2)7-5-3-4-6-8(7)12/h3-6,9,12H,1-2H3,(H,11,13). The number of aromatic hydroxyl groups is 1. The van der Waals surface area contributed by atoms with Crippen LogP contribution in [0, 0.1) is 0 Å². The number of methoxy groups -OCH3 is 1. The highest BCUT2D eigenvalue weighted by Crippen LogP contribution is 2.25. The molecule has 0 radical (unpaired) electrons.